The second-order valence-electron chi connectivity index (χ2n) is 7.97. The number of ether oxygens (including phenoxy) is 1. The summed E-state index contributed by atoms with van der Waals surface area (Å²) < 4.78 is 6.08. The molecule has 1 saturated heterocycles. The van der Waals surface area contributed by atoms with Crippen molar-refractivity contribution in [2.75, 3.05) is 13.2 Å². The van der Waals surface area contributed by atoms with E-state index in [4.69, 9.17) is 4.74 Å². The number of nitrogens with zero attached hydrogens (tertiary/aromatic N) is 2. The zero-order chi connectivity index (χ0) is 19.4. The second-order valence-corrected chi connectivity index (χ2v) is 7.97. The molecule has 0 unspecified atom stereocenters. The van der Waals surface area contributed by atoms with Gasteiger partial charge in [-0.25, -0.2) is 4.79 Å². The van der Waals surface area contributed by atoms with Gasteiger partial charge in [0.05, 0.1) is 11.2 Å². The summed E-state index contributed by atoms with van der Waals surface area (Å²) >= 11 is 0. The highest BCUT2D eigenvalue weighted by molar-refractivity contribution is 5.68. The number of aromatic nitrogens is 1. The summed E-state index contributed by atoms with van der Waals surface area (Å²) in [7, 11) is 0. The Hall–Kier alpha value is -2.22. The fourth-order valence-corrected chi connectivity index (χ4v) is 3.27. The molecule has 142 valence electrons. The van der Waals surface area contributed by atoms with Crippen LogP contribution in [-0.2, 0) is 0 Å². The SMILES string of the molecule is CCCCC#Cc1cnc(C)c(OC[C@@]2(C(C)(C)C)CCN2C(=O)O)c1. The van der Waals surface area contributed by atoms with Gasteiger partial charge in [-0.15, -0.1) is 0 Å². The highest BCUT2D eigenvalue weighted by Crippen LogP contribution is 2.45. The van der Waals surface area contributed by atoms with Gasteiger partial charge in [-0.3, -0.25) is 9.88 Å². The van der Waals surface area contributed by atoms with Crippen molar-refractivity contribution in [1.29, 1.82) is 0 Å². The first-order chi connectivity index (χ1) is 12.2. The third kappa shape index (κ3) is 4.12. The summed E-state index contributed by atoms with van der Waals surface area (Å²) in [6.07, 6.45) is 4.76. The lowest BCUT2D eigenvalue weighted by Crippen LogP contribution is -2.70. The Morgan fingerprint density at radius 3 is 2.73 bits per heavy atom. The van der Waals surface area contributed by atoms with Crippen LogP contribution in [0.25, 0.3) is 0 Å². The van der Waals surface area contributed by atoms with Crippen LogP contribution in [0.5, 0.6) is 5.75 Å². The number of pyridine rings is 1. The molecule has 0 radical (unpaired) electrons. The van der Waals surface area contributed by atoms with Crippen LogP contribution in [0.4, 0.5) is 4.79 Å². The van der Waals surface area contributed by atoms with Crippen LogP contribution in [0, 0.1) is 24.2 Å². The minimum absolute atomic E-state index is 0.220. The molecule has 0 aliphatic carbocycles. The van der Waals surface area contributed by atoms with Gasteiger partial charge in [0.1, 0.15) is 12.4 Å². The molecule has 5 nitrogen and oxygen atoms in total. The molecule has 1 amide bonds. The highest BCUT2D eigenvalue weighted by Gasteiger charge is 2.56. The maximum atomic E-state index is 11.6. The van der Waals surface area contributed by atoms with Gasteiger partial charge in [-0.1, -0.05) is 46.0 Å². The summed E-state index contributed by atoms with van der Waals surface area (Å²) in [5.74, 6) is 6.97. The number of amides is 1. The molecule has 1 aromatic heterocycles. The van der Waals surface area contributed by atoms with E-state index >= 15 is 0 Å². The fraction of sp³-hybridized carbons (Fsp3) is 0.619. The van der Waals surface area contributed by atoms with Crippen LogP contribution in [0.1, 0.15) is 64.6 Å². The maximum absolute atomic E-state index is 11.6. The van der Waals surface area contributed by atoms with E-state index in [0.717, 1.165) is 36.9 Å². The number of carboxylic acid groups (broad SMARTS) is 1. The van der Waals surface area contributed by atoms with Crippen LogP contribution in [0.2, 0.25) is 0 Å². The molecule has 26 heavy (non-hydrogen) atoms. The van der Waals surface area contributed by atoms with Gasteiger partial charge in [-0.2, -0.15) is 0 Å². The van der Waals surface area contributed by atoms with Crippen molar-refractivity contribution < 1.29 is 14.6 Å². The van der Waals surface area contributed by atoms with Crippen molar-refractivity contribution in [3.63, 3.8) is 0 Å². The minimum Gasteiger partial charge on any atom is -0.489 e. The molecule has 1 fully saturated rings. The monoisotopic (exact) mass is 358 g/mol. The van der Waals surface area contributed by atoms with E-state index in [1.54, 1.807) is 6.20 Å². The third-order valence-corrected chi connectivity index (χ3v) is 5.29. The number of rotatable bonds is 5. The lowest BCUT2D eigenvalue weighted by molar-refractivity contribution is -0.0962. The smallest absolute Gasteiger partial charge is 0.407 e. The number of likely N-dealkylation sites (tertiary alicyclic amines) is 1. The lowest BCUT2D eigenvalue weighted by atomic mass is 9.66. The molecule has 2 heterocycles. The minimum atomic E-state index is -0.889. The normalized spacial score (nSPS) is 19.3. The van der Waals surface area contributed by atoms with Crippen LogP contribution in [0.15, 0.2) is 12.3 Å². The highest BCUT2D eigenvalue weighted by atomic mass is 16.5. The van der Waals surface area contributed by atoms with Gasteiger partial charge in [0, 0.05) is 24.7 Å². The van der Waals surface area contributed by atoms with Crippen LogP contribution in [0.3, 0.4) is 0 Å². The predicted octanol–water partition coefficient (Wildman–Crippen LogP) is 4.48. The van der Waals surface area contributed by atoms with E-state index in [1.807, 2.05) is 13.0 Å². The lowest BCUT2D eigenvalue weighted by Gasteiger charge is -2.58. The Kier molecular flexibility index (Phi) is 6.17. The average molecular weight is 358 g/mol. The van der Waals surface area contributed by atoms with Crippen LogP contribution in [-0.4, -0.2) is 39.8 Å². The van der Waals surface area contributed by atoms with Gasteiger partial charge in [0.15, 0.2) is 0 Å². The molecule has 0 saturated carbocycles. The van der Waals surface area contributed by atoms with Crippen molar-refractivity contribution in [2.24, 2.45) is 5.41 Å². The van der Waals surface area contributed by atoms with Gasteiger partial charge >= 0.3 is 6.09 Å². The third-order valence-electron chi connectivity index (χ3n) is 5.29. The number of hydrogen-bond acceptors (Lipinski definition) is 3. The first-order valence-electron chi connectivity index (χ1n) is 9.30. The summed E-state index contributed by atoms with van der Waals surface area (Å²) in [5, 5.41) is 9.51. The zero-order valence-electron chi connectivity index (χ0n) is 16.6. The Balaban J connectivity index is 2.16. The summed E-state index contributed by atoms with van der Waals surface area (Å²) in [6, 6.07) is 1.90. The quantitative estimate of drug-likeness (QED) is 0.623. The molecule has 0 spiro atoms. The molecule has 1 atom stereocenters. The molecule has 1 aliphatic heterocycles. The predicted molar refractivity (Wildman–Crippen MR) is 102 cm³/mol. The molecule has 0 aromatic carbocycles. The molecule has 1 N–H and O–H groups in total. The van der Waals surface area contributed by atoms with Crippen molar-refractivity contribution in [3.8, 4) is 17.6 Å². The first kappa shape index (κ1) is 20.1. The molecule has 2 rings (SSSR count). The number of unbranched alkanes of at least 4 members (excludes halogenated alkanes) is 2. The van der Waals surface area contributed by atoms with Gasteiger partial charge < -0.3 is 9.84 Å². The van der Waals surface area contributed by atoms with E-state index in [2.05, 4.69) is 44.5 Å². The second kappa shape index (κ2) is 7.99. The average Bonchev–Trinajstić information content (AvgIpc) is 2.51. The van der Waals surface area contributed by atoms with E-state index in [9.17, 15) is 9.90 Å². The molecular formula is C21H30N2O3. The number of hydrogen-bond donors (Lipinski definition) is 1. The van der Waals surface area contributed by atoms with E-state index in [-0.39, 0.29) is 5.41 Å². The van der Waals surface area contributed by atoms with Crippen LogP contribution < -0.4 is 4.74 Å². The summed E-state index contributed by atoms with van der Waals surface area (Å²) in [4.78, 5) is 17.5. The molecule has 5 heteroatoms. The van der Waals surface area contributed by atoms with E-state index < -0.39 is 11.6 Å². The number of carbonyl (C=O) groups is 1. The molecule has 1 aliphatic rings. The zero-order valence-corrected chi connectivity index (χ0v) is 16.6. The van der Waals surface area contributed by atoms with Crippen molar-refractivity contribution >= 4 is 6.09 Å². The Bertz CT molecular complexity index is 712. The molecular weight excluding hydrogens is 328 g/mol. The molecule has 1 aromatic rings. The standard InChI is InChI=1S/C21H30N2O3/c1-6-7-8-9-10-17-13-18(16(2)22-14-17)26-15-21(20(3,4)5)11-12-23(21)19(24)25/h13-14H,6-8,11-12,15H2,1-5H3,(H,24,25)/t21-/m1/s1. The fourth-order valence-electron chi connectivity index (χ4n) is 3.27. The van der Waals surface area contributed by atoms with Gasteiger partial charge in [-0.05, 0) is 31.2 Å². The van der Waals surface area contributed by atoms with Crippen LogP contribution >= 0.6 is 0 Å². The van der Waals surface area contributed by atoms with Gasteiger partial charge in [0.25, 0.3) is 0 Å². The molecule has 0 bridgehead atoms. The number of aryl methyl sites for hydroxylation is 1. The Morgan fingerprint density at radius 1 is 1.46 bits per heavy atom. The van der Waals surface area contributed by atoms with Crippen molar-refractivity contribution in [2.45, 2.75) is 65.8 Å². The first-order valence-corrected chi connectivity index (χ1v) is 9.30. The van der Waals surface area contributed by atoms with E-state index in [1.165, 1.54) is 4.90 Å². The summed E-state index contributed by atoms with van der Waals surface area (Å²) in [6.45, 7) is 11.1. The van der Waals surface area contributed by atoms with Gasteiger partial charge in [0.2, 0.25) is 0 Å². The van der Waals surface area contributed by atoms with Crippen molar-refractivity contribution in [1.82, 2.24) is 9.88 Å². The van der Waals surface area contributed by atoms with Crippen molar-refractivity contribution in [3.05, 3.63) is 23.5 Å². The topological polar surface area (TPSA) is 62.7 Å². The van der Waals surface area contributed by atoms with E-state index in [0.29, 0.717) is 18.9 Å². The Labute approximate surface area is 156 Å². The largest absolute Gasteiger partial charge is 0.489 e. The summed E-state index contributed by atoms with van der Waals surface area (Å²) in [5.41, 5.74) is 0.876. The Morgan fingerprint density at radius 2 is 2.19 bits per heavy atom. The maximum Gasteiger partial charge on any atom is 0.407 e.